The largest absolute Gasteiger partial charge is 0.0654 e. The van der Waals surface area contributed by atoms with Crippen LogP contribution in [0.25, 0.3) is 0 Å². The molecule has 0 spiro atoms. The third-order valence-corrected chi connectivity index (χ3v) is 3.70. The van der Waals surface area contributed by atoms with Crippen LogP contribution in [0.4, 0.5) is 0 Å². The van der Waals surface area contributed by atoms with Gasteiger partial charge in [0.25, 0.3) is 0 Å². The monoisotopic (exact) mass is 212 g/mol. The second kappa shape index (κ2) is 7.30. The van der Waals surface area contributed by atoms with E-state index in [1.165, 1.54) is 38.5 Å². The van der Waals surface area contributed by atoms with Crippen molar-refractivity contribution in [1.82, 2.24) is 0 Å². The Balaban J connectivity index is 3.86. The fraction of sp³-hybridized carbons (Fsp3) is 1.00. The van der Waals surface area contributed by atoms with Crippen molar-refractivity contribution < 1.29 is 0 Å². The van der Waals surface area contributed by atoms with Gasteiger partial charge in [-0.05, 0) is 23.7 Å². The Bertz CT molecular complexity index is 141. The SMILES string of the molecule is CCCCCC(C)CC(CC)C(C)(C)C. The smallest absolute Gasteiger partial charge is 0.0354 e. The van der Waals surface area contributed by atoms with Gasteiger partial charge in [-0.1, -0.05) is 73.6 Å². The van der Waals surface area contributed by atoms with Crippen LogP contribution in [0.5, 0.6) is 0 Å². The van der Waals surface area contributed by atoms with Crippen LogP contribution >= 0.6 is 0 Å². The Morgan fingerprint density at radius 1 is 1.00 bits per heavy atom. The molecule has 0 bridgehead atoms. The maximum Gasteiger partial charge on any atom is -0.0354 e. The van der Waals surface area contributed by atoms with Crippen molar-refractivity contribution >= 4 is 0 Å². The van der Waals surface area contributed by atoms with Gasteiger partial charge in [0.05, 0.1) is 0 Å². The molecular formula is C15H32. The Hall–Kier alpha value is 0. The minimum absolute atomic E-state index is 0.494. The van der Waals surface area contributed by atoms with Gasteiger partial charge in [-0.2, -0.15) is 0 Å². The van der Waals surface area contributed by atoms with E-state index in [4.69, 9.17) is 0 Å². The number of unbranched alkanes of at least 4 members (excludes halogenated alkanes) is 2. The van der Waals surface area contributed by atoms with E-state index >= 15 is 0 Å². The second-order valence-electron chi connectivity index (χ2n) is 6.31. The third-order valence-electron chi connectivity index (χ3n) is 3.70. The molecular weight excluding hydrogens is 180 g/mol. The molecule has 2 unspecified atom stereocenters. The molecule has 0 aliphatic carbocycles. The van der Waals surface area contributed by atoms with Gasteiger partial charge in [0, 0.05) is 0 Å². The van der Waals surface area contributed by atoms with Crippen LogP contribution in [0.1, 0.15) is 80.1 Å². The molecule has 0 aliphatic heterocycles. The minimum atomic E-state index is 0.494. The van der Waals surface area contributed by atoms with Crippen LogP contribution in [-0.2, 0) is 0 Å². The van der Waals surface area contributed by atoms with E-state index in [0.29, 0.717) is 5.41 Å². The lowest BCUT2D eigenvalue weighted by Gasteiger charge is -2.32. The number of hydrogen-bond acceptors (Lipinski definition) is 0. The standard InChI is InChI=1S/C15H32/c1-7-9-10-11-13(3)12-14(8-2)15(4,5)6/h13-14H,7-12H2,1-6H3. The van der Waals surface area contributed by atoms with Crippen LogP contribution in [-0.4, -0.2) is 0 Å². The maximum atomic E-state index is 2.43. The van der Waals surface area contributed by atoms with Gasteiger partial charge < -0.3 is 0 Å². The highest BCUT2D eigenvalue weighted by Crippen LogP contribution is 2.34. The fourth-order valence-electron chi connectivity index (χ4n) is 2.48. The number of rotatable bonds is 7. The predicted octanol–water partition coefficient (Wildman–Crippen LogP) is 5.67. The molecule has 92 valence electrons. The molecule has 0 heteroatoms. The van der Waals surface area contributed by atoms with Crippen molar-refractivity contribution in [2.75, 3.05) is 0 Å². The van der Waals surface area contributed by atoms with Gasteiger partial charge >= 0.3 is 0 Å². The molecule has 2 atom stereocenters. The first kappa shape index (κ1) is 15.0. The molecule has 0 aromatic rings. The summed E-state index contributed by atoms with van der Waals surface area (Å²) in [4.78, 5) is 0. The van der Waals surface area contributed by atoms with E-state index in [0.717, 1.165) is 11.8 Å². The molecule has 0 fully saturated rings. The highest BCUT2D eigenvalue weighted by molar-refractivity contribution is 4.74. The summed E-state index contributed by atoms with van der Waals surface area (Å²) in [5.74, 6) is 1.81. The average Bonchev–Trinajstić information content (AvgIpc) is 2.12. The van der Waals surface area contributed by atoms with E-state index in [2.05, 4.69) is 41.5 Å². The lowest BCUT2D eigenvalue weighted by Crippen LogP contribution is -2.22. The van der Waals surface area contributed by atoms with Crippen molar-refractivity contribution in [3.8, 4) is 0 Å². The van der Waals surface area contributed by atoms with Gasteiger partial charge in [0.15, 0.2) is 0 Å². The molecule has 0 aromatic heterocycles. The predicted molar refractivity (Wildman–Crippen MR) is 71.2 cm³/mol. The van der Waals surface area contributed by atoms with Crippen LogP contribution in [0.2, 0.25) is 0 Å². The Kier molecular flexibility index (Phi) is 7.30. The topological polar surface area (TPSA) is 0 Å². The second-order valence-corrected chi connectivity index (χ2v) is 6.31. The molecule has 0 nitrogen and oxygen atoms in total. The first-order chi connectivity index (χ1) is 6.91. The quantitative estimate of drug-likeness (QED) is 0.477. The van der Waals surface area contributed by atoms with Gasteiger partial charge in [-0.3, -0.25) is 0 Å². The lowest BCUT2D eigenvalue weighted by atomic mass is 9.74. The van der Waals surface area contributed by atoms with Gasteiger partial charge in [0.2, 0.25) is 0 Å². The highest BCUT2D eigenvalue weighted by atomic mass is 14.3. The summed E-state index contributed by atoms with van der Waals surface area (Å²) in [5.41, 5.74) is 0.494. The molecule has 0 saturated heterocycles. The average molecular weight is 212 g/mol. The van der Waals surface area contributed by atoms with Crippen molar-refractivity contribution in [2.45, 2.75) is 80.1 Å². The molecule has 0 rings (SSSR count). The van der Waals surface area contributed by atoms with E-state index in [9.17, 15) is 0 Å². The van der Waals surface area contributed by atoms with Crippen molar-refractivity contribution in [2.24, 2.45) is 17.3 Å². The molecule has 0 heterocycles. The van der Waals surface area contributed by atoms with Crippen LogP contribution in [0.15, 0.2) is 0 Å². The Morgan fingerprint density at radius 3 is 2.00 bits per heavy atom. The first-order valence-corrected chi connectivity index (χ1v) is 6.91. The zero-order chi connectivity index (χ0) is 11.9. The summed E-state index contributed by atoms with van der Waals surface area (Å²) in [6, 6.07) is 0. The zero-order valence-electron chi connectivity index (χ0n) is 11.9. The highest BCUT2D eigenvalue weighted by Gasteiger charge is 2.24. The minimum Gasteiger partial charge on any atom is -0.0654 e. The van der Waals surface area contributed by atoms with Gasteiger partial charge in [0.1, 0.15) is 0 Å². The summed E-state index contributed by atoms with van der Waals surface area (Å²) in [6.07, 6.45) is 8.38. The summed E-state index contributed by atoms with van der Waals surface area (Å²) in [5, 5.41) is 0. The lowest BCUT2D eigenvalue weighted by molar-refractivity contribution is 0.189. The van der Waals surface area contributed by atoms with Crippen molar-refractivity contribution in [3.05, 3.63) is 0 Å². The van der Waals surface area contributed by atoms with Gasteiger partial charge in [-0.25, -0.2) is 0 Å². The molecule has 15 heavy (non-hydrogen) atoms. The molecule has 0 amide bonds. The summed E-state index contributed by atoms with van der Waals surface area (Å²) < 4.78 is 0. The molecule has 0 saturated carbocycles. The fourth-order valence-corrected chi connectivity index (χ4v) is 2.48. The van der Waals surface area contributed by atoms with Crippen molar-refractivity contribution in [3.63, 3.8) is 0 Å². The van der Waals surface area contributed by atoms with Crippen LogP contribution in [0.3, 0.4) is 0 Å². The zero-order valence-corrected chi connectivity index (χ0v) is 11.9. The molecule has 0 radical (unpaired) electrons. The molecule has 0 aromatic carbocycles. The molecule has 0 aliphatic rings. The first-order valence-electron chi connectivity index (χ1n) is 6.91. The maximum absolute atomic E-state index is 2.43. The third kappa shape index (κ3) is 6.98. The van der Waals surface area contributed by atoms with Crippen LogP contribution < -0.4 is 0 Å². The molecule has 0 N–H and O–H groups in total. The van der Waals surface area contributed by atoms with Crippen LogP contribution in [0, 0.1) is 17.3 Å². The Labute approximate surface area is 97.8 Å². The summed E-state index contributed by atoms with van der Waals surface area (Å²) >= 11 is 0. The summed E-state index contributed by atoms with van der Waals surface area (Å²) in [7, 11) is 0. The Morgan fingerprint density at radius 2 is 1.60 bits per heavy atom. The van der Waals surface area contributed by atoms with E-state index in [-0.39, 0.29) is 0 Å². The van der Waals surface area contributed by atoms with E-state index in [1.54, 1.807) is 0 Å². The van der Waals surface area contributed by atoms with Gasteiger partial charge in [-0.15, -0.1) is 0 Å². The summed E-state index contributed by atoms with van der Waals surface area (Å²) in [6.45, 7) is 14.2. The van der Waals surface area contributed by atoms with E-state index in [1.807, 2.05) is 0 Å². The van der Waals surface area contributed by atoms with Crippen molar-refractivity contribution in [1.29, 1.82) is 0 Å². The number of hydrogen-bond donors (Lipinski definition) is 0. The van der Waals surface area contributed by atoms with E-state index < -0.39 is 0 Å². The normalized spacial score (nSPS) is 16.4.